The molecule has 0 aliphatic heterocycles. The van der Waals surface area contributed by atoms with Gasteiger partial charge in [0.05, 0.1) is 23.3 Å². The van der Waals surface area contributed by atoms with Gasteiger partial charge in [-0.25, -0.2) is 0 Å². The molecule has 1 fully saturated rings. The van der Waals surface area contributed by atoms with Crippen LogP contribution >= 0.6 is 38.9 Å². The number of rotatable bonds is 5. The molecule has 2 nitrogen and oxygen atoms in total. The van der Waals surface area contributed by atoms with Gasteiger partial charge in [0.2, 0.25) is 0 Å². The molecular formula is C15H15BrClNOS. The van der Waals surface area contributed by atoms with Crippen LogP contribution in [0, 0.1) is 5.92 Å². The molecule has 0 amide bonds. The SMILES string of the molecule is COc1c(Br)cc(Cl)cc1NC(c1cccs1)C1CC1. The highest BCUT2D eigenvalue weighted by molar-refractivity contribution is 9.10. The molecule has 1 saturated carbocycles. The molecule has 1 unspecified atom stereocenters. The summed E-state index contributed by atoms with van der Waals surface area (Å²) >= 11 is 11.5. The summed E-state index contributed by atoms with van der Waals surface area (Å²) in [4.78, 5) is 1.37. The number of hydrogen-bond acceptors (Lipinski definition) is 3. The Morgan fingerprint density at radius 2 is 2.25 bits per heavy atom. The second-order valence-corrected chi connectivity index (χ2v) is 7.21. The van der Waals surface area contributed by atoms with E-state index < -0.39 is 0 Å². The van der Waals surface area contributed by atoms with Crippen molar-refractivity contribution in [3.8, 4) is 5.75 Å². The zero-order chi connectivity index (χ0) is 14.1. The third-order valence-electron chi connectivity index (χ3n) is 3.47. The molecule has 5 heteroatoms. The second-order valence-electron chi connectivity index (χ2n) is 4.94. The topological polar surface area (TPSA) is 21.3 Å². The maximum Gasteiger partial charge on any atom is 0.156 e. The molecule has 1 aromatic heterocycles. The number of methoxy groups -OCH3 is 1. The van der Waals surface area contributed by atoms with E-state index in [0.717, 1.165) is 15.9 Å². The molecule has 0 radical (unpaired) electrons. The first-order chi connectivity index (χ1) is 9.69. The molecule has 0 bridgehead atoms. The quantitative estimate of drug-likeness (QED) is 0.723. The van der Waals surface area contributed by atoms with Gasteiger partial charge in [0.1, 0.15) is 0 Å². The van der Waals surface area contributed by atoms with E-state index in [2.05, 4.69) is 38.8 Å². The summed E-state index contributed by atoms with van der Waals surface area (Å²) in [5, 5.41) is 6.43. The molecule has 20 heavy (non-hydrogen) atoms. The monoisotopic (exact) mass is 371 g/mol. The van der Waals surface area contributed by atoms with Gasteiger partial charge in [-0.1, -0.05) is 17.7 Å². The van der Waals surface area contributed by atoms with Crippen LogP contribution in [0.1, 0.15) is 23.8 Å². The fraction of sp³-hybridized carbons (Fsp3) is 0.333. The average Bonchev–Trinajstić information content (AvgIpc) is 3.10. The van der Waals surface area contributed by atoms with Crippen LogP contribution in [0.4, 0.5) is 5.69 Å². The molecule has 1 aliphatic rings. The number of benzene rings is 1. The van der Waals surface area contributed by atoms with Gasteiger partial charge in [-0.2, -0.15) is 0 Å². The maximum absolute atomic E-state index is 6.16. The van der Waals surface area contributed by atoms with Gasteiger partial charge < -0.3 is 10.1 Å². The number of hydrogen-bond donors (Lipinski definition) is 1. The van der Waals surface area contributed by atoms with Crippen LogP contribution in [0.25, 0.3) is 0 Å². The van der Waals surface area contributed by atoms with Crippen molar-refractivity contribution in [2.75, 3.05) is 12.4 Å². The van der Waals surface area contributed by atoms with Gasteiger partial charge in [-0.05, 0) is 58.3 Å². The summed E-state index contributed by atoms with van der Waals surface area (Å²) in [6.07, 6.45) is 2.55. The van der Waals surface area contributed by atoms with Crippen molar-refractivity contribution >= 4 is 44.6 Å². The predicted octanol–water partition coefficient (Wildman–Crippen LogP) is 5.74. The van der Waals surface area contributed by atoms with E-state index in [-0.39, 0.29) is 0 Å². The molecule has 1 heterocycles. The summed E-state index contributed by atoms with van der Waals surface area (Å²) in [7, 11) is 1.68. The number of anilines is 1. The fourth-order valence-electron chi connectivity index (χ4n) is 2.36. The minimum Gasteiger partial charge on any atom is -0.493 e. The van der Waals surface area contributed by atoms with Crippen molar-refractivity contribution in [1.29, 1.82) is 0 Å². The molecule has 1 aromatic carbocycles. The Morgan fingerprint density at radius 3 is 2.85 bits per heavy atom. The van der Waals surface area contributed by atoms with E-state index in [1.807, 2.05) is 12.1 Å². The summed E-state index contributed by atoms with van der Waals surface area (Å²) in [6, 6.07) is 8.40. The Bertz CT molecular complexity index is 598. The van der Waals surface area contributed by atoms with E-state index in [4.69, 9.17) is 16.3 Å². The Morgan fingerprint density at radius 1 is 1.45 bits per heavy atom. The van der Waals surface area contributed by atoms with Crippen LogP contribution in [-0.4, -0.2) is 7.11 Å². The third kappa shape index (κ3) is 2.97. The van der Waals surface area contributed by atoms with Crippen LogP contribution in [0.5, 0.6) is 5.75 Å². The highest BCUT2D eigenvalue weighted by Gasteiger charge is 2.33. The molecule has 1 aliphatic carbocycles. The molecule has 0 spiro atoms. The van der Waals surface area contributed by atoms with Crippen LogP contribution < -0.4 is 10.1 Å². The fourth-order valence-corrected chi connectivity index (χ4v) is 4.20. The van der Waals surface area contributed by atoms with Gasteiger partial charge in [0, 0.05) is 9.90 Å². The van der Waals surface area contributed by atoms with Crippen LogP contribution in [0.15, 0.2) is 34.1 Å². The smallest absolute Gasteiger partial charge is 0.156 e. The van der Waals surface area contributed by atoms with E-state index in [1.165, 1.54) is 17.7 Å². The van der Waals surface area contributed by atoms with Crippen LogP contribution in [0.2, 0.25) is 5.02 Å². The Kier molecular flexibility index (Phi) is 4.24. The average molecular weight is 373 g/mol. The van der Waals surface area contributed by atoms with Crippen molar-refractivity contribution in [2.24, 2.45) is 5.92 Å². The molecule has 1 atom stereocenters. The lowest BCUT2D eigenvalue weighted by Gasteiger charge is -2.21. The van der Waals surface area contributed by atoms with Gasteiger partial charge in [0.25, 0.3) is 0 Å². The Balaban J connectivity index is 1.92. The minimum absolute atomic E-state index is 0.342. The van der Waals surface area contributed by atoms with Crippen molar-refractivity contribution in [1.82, 2.24) is 0 Å². The van der Waals surface area contributed by atoms with Crippen LogP contribution in [0.3, 0.4) is 0 Å². The van der Waals surface area contributed by atoms with Gasteiger partial charge in [-0.15, -0.1) is 11.3 Å². The lowest BCUT2D eigenvalue weighted by Crippen LogP contribution is -2.12. The van der Waals surface area contributed by atoms with Crippen molar-refractivity contribution < 1.29 is 4.74 Å². The van der Waals surface area contributed by atoms with Gasteiger partial charge in [0.15, 0.2) is 5.75 Å². The lowest BCUT2D eigenvalue weighted by molar-refractivity contribution is 0.413. The van der Waals surface area contributed by atoms with E-state index >= 15 is 0 Å². The van der Waals surface area contributed by atoms with Crippen molar-refractivity contribution in [3.63, 3.8) is 0 Å². The highest BCUT2D eigenvalue weighted by atomic mass is 79.9. The zero-order valence-electron chi connectivity index (χ0n) is 11.0. The molecule has 2 aromatic rings. The summed E-state index contributed by atoms with van der Waals surface area (Å²) in [6.45, 7) is 0. The standard InChI is InChI=1S/C15H15BrClNOS/c1-19-15-11(16)7-10(17)8-12(15)18-14(9-4-5-9)13-3-2-6-20-13/h2-3,6-9,14,18H,4-5H2,1H3. The zero-order valence-corrected chi connectivity index (χ0v) is 14.2. The first-order valence-electron chi connectivity index (χ1n) is 6.52. The largest absolute Gasteiger partial charge is 0.493 e. The maximum atomic E-state index is 6.16. The van der Waals surface area contributed by atoms with Crippen LogP contribution in [-0.2, 0) is 0 Å². The van der Waals surface area contributed by atoms with Crippen molar-refractivity contribution in [3.05, 3.63) is 44.0 Å². The molecule has 106 valence electrons. The second kappa shape index (κ2) is 5.96. The van der Waals surface area contributed by atoms with E-state index in [9.17, 15) is 0 Å². The third-order valence-corrected chi connectivity index (χ3v) is 5.23. The number of ether oxygens (including phenoxy) is 1. The summed E-state index contributed by atoms with van der Waals surface area (Å²) in [5.74, 6) is 1.51. The molecule has 3 rings (SSSR count). The number of halogens is 2. The number of thiophene rings is 1. The molecular weight excluding hydrogens is 358 g/mol. The highest BCUT2D eigenvalue weighted by Crippen LogP contribution is 2.46. The van der Waals surface area contributed by atoms with Gasteiger partial charge in [-0.3, -0.25) is 0 Å². The lowest BCUT2D eigenvalue weighted by atomic mass is 10.1. The predicted molar refractivity (Wildman–Crippen MR) is 89.1 cm³/mol. The first kappa shape index (κ1) is 14.2. The first-order valence-corrected chi connectivity index (χ1v) is 8.57. The molecule has 0 saturated heterocycles. The Labute approximate surface area is 136 Å². The number of nitrogens with one attached hydrogen (secondary N) is 1. The summed E-state index contributed by atoms with van der Waals surface area (Å²) < 4.78 is 6.36. The minimum atomic E-state index is 0.342. The molecule has 1 N–H and O–H groups in total. The normalized spacial score (nSPS) is 15.9. The van der Waals surface area contributed by atoms with Crippen molar-refractivity contribution in [2.45, 2.75) is 18.9 Å². The van der Waals surface area contributed by atoms with Gasteiger partial charge >= 0.3 is 0 Å². The van der Waals surface area contributed by atoms with E-state index in [0.29, 0.717) is 17.0 Å². The summed E-state index contributed by atoms with van der Waals surface area (Å²) in [5.41, 5.74) is 0.942. The van der Waals surface area contributed by atoms with E-state index in [1.54, 1.807) is 18.4 Å². The Hall–Kier alpha value is -0.710.